The lowest BCUT2D eigenvalue weighted by atomic mass is 9.57. The Kier molecular flexibility index (Phi) is 6.84. The van der Waals surface area contributed by atoms with E-state index in [1.165, 1.54) is 12.6 Å². The Bertz CT molecular complexity index is 1590. The van der Waals surface area contributed by atoms with Gasteiger partial charge in [0, 0.05) is 49.8 Å². The average molecular weight is 541 g/mol. The summed E-state index contributed by atoms with van der Waals surface area (Å²) < 4.78 is 16.5. The van der Waals surface area contributed by atoms with Crippen molar-refractivity contribution in [3.8, 4) is 6.07 Å². The molecule has 206 valence electrons. The van der Waals surface area contributed by atoms with Crippen LogP contribution in [0.1, 0.15) is 60.0 Å². The zero-order valence-corrected chi connectivity index (χ0v) is 22.8. The van der Waals surface area contributed by atoms with Crippen LogP contribution in [0.5, 0.6) is 0 Å². The minimum Gasteiger partial charge on any atom is -0.357 e. The first-order valence-corrected chi connectivity index (χ1v) is 13.9. The number of pyridine rings is 1. The minimum absolute atomic E-state index is 0.0139. The highest BCUT2D eigenvalue weighted by Gasteiger charge is 2.46. The molecule has 1 aromatic carbocycles. The van der Waals surface area contributed by atoms with Gasteiger partial charge in [-0.3, -0.25) is 9.69 Å². The van der Waals surface area contributed by atoms with Crippen LogP contribution in [0.2, 0.25) is 0 Å². The second-order valence-corrected chi connectivity index (χ2v) is 11.6. The van der Waals surface area contributed by atoms with Gasteiger partial charge < -0.3 is 14.9 Å². The number of carbonyl (C=O) groups is 1. The number of benzene rings is 1. The number of fused-ring (bicyclic) bond motifs is 1. The van der Waals surface area contributed by atoms with Crippen LogP contribution in [0.25, 0.3) is 11.0 Å². The molecule has 6 rings (SSSR count). The maximum absolute atomic E-state index is 14.6. The predicted octanol–water partition coefficient (Wildman–Crippen LogP) is 4.73. The normalized spacial score (nSPS) is 23.1. The Morgan fingerprint density at radius 2 is 2.17 bits per heavy atom. The van der Waals surface area contributed by atoms with Gasteiger partial charge in [-0.05, 0) is 67.5 Å². The van der Waals surface area contributed by atoms with Crippen molar-refractivity contribution in [3.63, 3.8) is 0 Å². The van der Waals surface area contributed by atoms with Gasteiger partial charge in [0.05, 0.1) is 11.6 Å². The summed E-state index contributed by atoms with van der Waals surface area (Å²) in [5, 5.41) is 20.7. The summed E-state index contributed by atoms with van der Waals surface area (Å²) in [5.41, 5.74) is 3.27. The molecule has 0 radical (unpaired) electrons. The number of nitrogens with zero attached hydrogens (tertiary/aromatic N) is 6. The topological polar surface area (TPSA) is 116 Å². The number of carbonyl (C=O) groups excluding carboxylic acids is 1. The molecule has 1 atom stereocenters. The van der Waals surface area contributed by atoms with Crippen molar-refractivity contribution in [2.24, 2.45) is 18.9 Å². The Hall–Kier alpha value is -4.10. The molecule has 4 heterocycles. The molecule has 2 aliphatic rings. The lowest BCUT2D eigenvalue weighted by Gasteiger charge is -2.45. The van der Waals surface area contributed by atoms with Gasteiger partial charge in [-0.2, -0.15) is 5.26 Å². The zero-order chi connectivity index (χ0) is 27.9. The largest absolute Gasteiger partial charge is 0.357 e. The third-order valence-corrected chi connectivity index (χ3v) is 8.53. The van der Waals surface area contributed by atoms with Gasteiger partial charge in [0.25, 0.3) is 5.91 Å². The van der Waals surface area contributed by atoms with E-state index in [1.54, 1.807) is 12.4 Å². The van der Waals surface area contributed by atoms with Crippen LogP contribution in [-0.4, -0.2) is 48.6 Å². The molecular formula is C30H33FN8O. The number of anilines is 1. The molecule has 1 saturated carbocycles. The van der Waals surface area contributed by atoms with Crippen LogP contribution < -0.4 is 5.32 Å². The predicted molar refractivity (Wildman–Crippen MR) is 149 cm³/mol. The molecule has 1 amide bonds. The van der Waals surface area contributed by atoms with Gasteiger partial charge in [0.2, 0.25) is 0 Å². The van der Waals surface area contributed by atoms with E-state index in [1.807, 2.05) is 35.9 Å². The fourth-order valence-corrected chi connectivity index (χ4v) is 6.40. The minimum atomic E-state index is -0.470. The first kappa shape index (κ1) is 26.1. The second kappa shape index (κ2) is 10.5. The van der Waals surface area contributed by atoms with E-state index in [-0.39, 0.29) is 22.5 Å². The van der Waals surface area contributed by atoms with Crippen molar-refractivity contribution in [1.29, 1.82) is 5.26 Å². The Labute approximate surface area is 232 Å². The van der Waals surface area contributed by atoms with E-state index < -0.39 is 11.7 Å². The number of rotatable bonds is 7. The molecule has 40 heavy (non-hydrogen) atoms. The molecule has 2 fully saturated rings. The zero-order valence-electron chi connectivity index (χ0n) is 22.8. The van der Waals surface area contributed by atoms with Crippen molar-refractivity contribution in [2.45, 2.75) is 51.0 Å². The van der Waals surface area contributed by atoms with Crippen molar-refractivity contribution in [2.75, 3.05) is 18.4 Å². The monoisotopic (exact) mass is 540 g/mol. The highest BCUT2D eigenvalue weighted by atomic mass is 19.1. The number of nitrogens with one attached hydrogen (secondary N) is 2. The summed E-state index contributed by atoms with van der Waals surface area (Å²) in [5.74, 6) is 0.589. The van der Waals surface area contributed by atoms with Crippen LogP contribution in [0.15, 0.2) is 42.9 Å². The van der Waals surface area contributed by atoms with Crippen LogP contribution in [0.4, 0.5) is 10.1 Å². The lowest BCUT2D eigenvalue weighted by molar-refractivity contribution is 0.102. The summed E-state index contributed by atoms with van der Waals surface area (Å²) in [7, 11) is 1.91. The molecule has 1 aliphatic carbocycles. The van der Waals surface area contributed by atoms with Crippen LogP contribution in [0.3, 0.4) is 0 Å². The number of hydrogen-bond acceptors (Lipinski definition) is 6. The number of aromatic amines is 1. The third kappa shape index (κ3) is 4.97. The molecule has 9 nitrogen and oxygen atoms in total. The number of aromatic nitrogens is 5. The van der Waals surface area contributed by atoms with Gasteiger partial charge in [-0.25, -0.2) is 9.37 Å². The molecule has 3 aromatic heterocycles. The summed E-state index contributed by atoms with van der Waals surface area (Å²) >= 11 is 0. The van der Waals surface area contributed by atoms with Crippen molar-refractivity contribution in [1.82, 2.24) is 29.6 Å². The maximum atomic E-state index is 14.6. The number of hydrogen-bond donors (Lipinski definition) is 2. The molecule has 4 aromatic rings. The Morgan fingerprint density at radius 1 is 1.32 bits per heavy atom. The van der Waals surface area contributed by atoms with Crippen LogP contribution in [-0.2, 0) is 25.4 Å². The molecule has 10 heteroatoms. The quantitative estimate of drug-likeness (QED) is 0.350. The van der Waals surface area contributed by atoms with Gasteiger partial charge in [0.1, 0.15) is 23.4 Å². The molecule has 0 bridgehead atoms. The third-order valence-electron chi connectivity index (χ3n) is 8.53. The number of nitriles is 1. The molecule has 1 saturated heterocycles. The Balaban J connectivity index is 1.26. The molecule has 0 unspecified atom stereocenters. The number of aryl methyl sites for hydroxylation is 1. The van der Waals surface area contributed by atoms with E-state index in [0.29, 0.717) is 30.1 Å². The van der Waals surface area contributed by atoms with E-state index in [0.717, 1.165) is 49.3 Å². The summed E-state index contributed by atoms with van der Waals surface area (Å²) in [4.78, 5) is 23.2. The SMILES string of the molecule is C[C@H]1CCCN(Cc2cc(C(=O)Nc3cccc(C4(Cc5nncn5C)CC(C#N)C4)c3)nc3c(F)c[nH]c23)C1. The average Bonchev–Trinajstić information content (AvgIpc) is 3.50. The summed E-state index contributed by atoms with van der Waals surface area (Å²) in [6.45, 7) is 4.83. The maximum Gasteiger partial charge on any atom is 0.274 e. The second-order valence-electron chi connectivity index (χ2n) is 11.6. The number of halogens is 1. The fourth-order valence-electron chi connectivity index (χ4n) is 6.40. The number of likely N-dealkylation sites (tertiary alicyclic amines) is 1. The van der Waals surface area contributed by atoms with E-state index >= 15 is 0 Å². The van der Waals surface area contributed by atoms with Crippen molar-refractivity contribution < 1.29 is 9.18 Å². The Morgan fingerprint density at radius 3 is 2.92 bits per heavy atom. The smallest absolute Gasteiger partial charge is 0.274 e. The number of piperidine rings is 1. The molecule has 0 spiro atoms. The first-order chi connectivity index (χ1) is 19.3. The van der Waals surface area contributed by atoms with Gasteiger partial charge >= 0.3 is 0 Å². The highest BCUT2D eigenvalue weighted by molar-refractivity contribution is 6.04. The molecule has 1 aliphatic heterocycles. The molecule has 2 N–H and O–H groups in total. The van der Waals surface area contributed by atoms with Crippen LogP contribution in [0, 0.1) is 29.0 Å². The van der Waals surface area contributed by atoms with Crippen molar-refractivity contribution >= 4 is 22.6 Å². The standard InChI is InChI=1S/C30H33FN8O/c1-19-5-4-8-39(16-19)17-21-9-25(36-28-24(31)15-33-27(21)28)29(40)35-23-7-3-6-22(10-23)30(11-20(12-30)14-32)13-26-37-34-18-38(26)2/h3,6-7,9-10,15,18-20,33H,4-5,8,11-13,16-17H2,1-2H3,(H,35,40)/t19-,20?,30?/m0/s1. The van der Waals surface area contributed by atoms with E-state index in [2.05, 4.69) is 43.4 Å². The van der Waals surface area contributed by atoms with Crippen molar-refractivity contribution in [3.05, 3.63) is 71.3 Å². The van der Waals surface area contributed by atoms with E-state index in [4.69, 9.17) is 0 Å². The lowest BCUT2D eigenvalue weighted by Crippen LogP contribution is -2.43. The number of H-pyrrole nitrogens is 1. The fraction of sp³-hybridized carbons (Fsp3) is 0.433. The van der Waals surface area contributed by atoms with Gasteiger partial charge in [-0.1, -0.05) is 19.1 Å². The van der Waals surface area contributed by atoms with E-state index in [9.17, 15) is 14.4 Å². The van der Waals surface area contributed by atoms with Crippen LogP contribution >= 0.6 is 0 Å². The summed E-state index contributed by atoms with van der Waals surface area (Å²) in [6, 6.07) is 11.9. The highest BCUT2D eigenvalue weighted by Crippen LogP contribution is 2.50. The van der Waals surface area contributed by atoms with Gasteiger partial charge in [0.15, 0.2) is 5.82 Å². The molecular weight excluding hydrogens is 507 g/mol. The van der Waals surface area contributed by atoms with Gasteiger partial charge in [-0.15, -0.1) is 10.2 Å². The summed E-state index contributed by atoms with van der Waals surface area (Å²) in [6.07, 6.45) is 7.41. The first-order valence-electron chi connectivity index (χ1n) is 13.9. The number of amides is 1.